The van der Waals surface area contributed by atoms with E-state index in [0.717, 1.165) is 11.3 Å². The minimum absolute atomic E-state index is 0.0423. The number of halogens is 1. The molecule has 0 radical (unpaired) electrons. The van der Waals surface area contributed by atoms with Crippen LogP contribution in [0, 0.1) is 0 Å². The average Bonchev–Trinajstić information content (AvgIpc) is 2.61. The summed E-state index contributed by atoms with van der Waals surface area (Å²) in [5, 5.41) is 3.47. The van der Waals surface area contributed by atoms with Gasteiger partial charge in [-0.25, -0.2) is 0 Å². The van der Waals surface area contributed by atoms with Crippen molar-refractivity contribution in [1.82, 2.24) is 4.90 Å². The number of carbonyl (C=O) groups is 2. The lowest BCUT2D eigenvalue weighted by atomic mass is 10.1. The third-order valence-electron chi connectivity index (χ3n) is 4.24. The number of nitrogens with zero attached hydrogens (tertiary/aromatic N) is 1. The number of anilines is 1. The van der Waals surface area contributed by atoms with Crippen LogP contribution in [0.25, 0.3) is 0 Å². The van der Waals surface area contributed by atoms with E-state index in [1.165, 1.54) is 6.92 Å². The summed E-state index contributed by atoms with van der Waals surface area (Å²) in [7, 11) is 3.46. The van der Waals surface area contributed by atoms with Crippen molar-refractivity contribution >= 4 is 29.0 Å². The van der Waals surface area contributed by atoms with Crippen LogP contribution in [0.4, 0.5) is 5.69 Å². The van der Waals surface area contributed by atoms with Crippen LogP contribution in [0.3, 0.4) is 0 Å². The fraction of sp³-hybridized carbons (Fsp3) is 0.300. The van der Waals surface area contributed by atoms with E-state index >= 15 is 0 Å². The molecule has 0 unspecified atom stereocenters. The Morgan fingerprint density at radius 2 is 1.96 bits per heavy atom. The molecule has 0 aliphatic heterocycles. The number of hydrogen-bond acceptors (Lipinski definition) is 4. The van der Waals surface area contributed by atoms with Gasteiger partial charge in [-0.2, -0.15) is 0 Å². The van der Waals surface area contributed by atoms with Gasteiger partial charge in [0, 0.05) is 28.4 Å². The first-order valence-corrected chi connectivity index (χ1v) is 8.64. The second kappa shape index (κ2) is 8.83. The third-order valence-corrected chi connectivity index (χ3v) is 4.47. The van der Waals surface area contributed by atoms with E-state index in [1.54, 1.807) is 37.4 Å². The number of carbonyl (C=O) groups excluding carboxylic acids is 2. The van der Waals surface area contributed by atoms with Crippen LogP contribution in [0.2, 0.25) is 5.02 Å². The van der Waals surface area contributed by atoms with Crippen molar-refractivity contribution in [2.75, 3.05) is 19.5 Å². The minimum Gasteiger partial charge on any atom is -0.496 e. The van der Waals surface area contributed by atoms with Gasteiger partial charge in [0.25, 0.3) is 0 Å². The summed E-state index contributed by atoms with van der Waals surface area (Å²) in [6.07, 6.45) is 0. The molecule has 5 nitrogen and oxygen atoms in total. The Labute approximate surface area is 158 Å². The second-order valence-corrected chi connectivity index (χ2v) is 6.61. The molecule has 26 heavy (non-hydrogen) atoms. The van der Waals surface area contributed by atoms with Gasteiger partial charge >= 0.3 is 0 Å². The molecule has 0 aliphatic rings. The Balaban J connectivity index is 2.07. The molecule has 0 aliphatic carbocycles. The van der Waals surface area contributed by atoms with Gasteiger partial charge in [-0.3, -0.25) is 14.5 Å². The van der Waals surface area contributed by atoms with E-state index < -0.39 is 0 Å². The zero-order chi connectivity index (χ0) is 19.3. The number of Topliss-reactive ketones (excluding diaryl/α,β-unsaturated/α-hetero) is 1. The Morgan fingerprint density at radius 3 is 2.62 bits per heavy atom. The SMILES string of the molecule is COc1ccc(Cl)cc1CN(C)[C@H](C)C(=O)Nc1cccc(C(C)=O)c1. The predicted octanol–water partition coefficient (Wildman–Crippen LogP) is 4.01. The van der Waals surface area contributed by atoms with E-state index in [2.05, 4.69) is 5.32 Å². The average molecular weight is 375 g/mol. The molecule has 1 N–H and O–H groups in total. The fourth-order valence-corrected chi connectivity index (χ4v) is 2.73. The van der Waals surface area contributed by atoms with Crippen molar-refractivity contribution < 1.29 is 14.3 Å². The number of nitrogens with one attached hydrogen (secondary N) is 1. The third kappa shape index (κ3) is 5.07. The molecule has 0 saturated heterocycles. The van der Waals surface area contributed by atoms with Crippen molar-refractivity contribution in [2.45, 2.75) is 26.4 Å². The molecule has 2 aromatic rings. The highest BCUT2D eigenvalue weighted by atomic mass is 35.5. The summed E-state index contributed by atoms with van der Waals surface area (Å²) < 4.78 is 5.35. The van der Waals surface area contributed by atoms with Crippen LogP contribution >= 0.6 is 11.6 Å². The summed E-state index contributed by atoms with van der Waals surface area (Å²) >= 11 is 6.07. The predicted molar refractivity (Wildman–Crippen MR) is 104 cm³/mol. The standard InChI is InChI=1S/C20H23ClN2O3/c1-13(20(25)22-18-7-5-6-15(11-18)14(2)24)23(3)12-16-10-17(21)8-9-19(16)26-4/h5-11,13H,12H2,1-4H3,(H,22,25)/t13-/m1/s1. The molecule has 1 amide bonds. The number of ether oxygens (including phenoxy) is 1. The van der Waals surface area contributed by atoms with Crippen molar-refractivity contribution in [3.63, 3.8) is 0 Å². The van der Waals surface area contributed by atoms with Gasteiger partial charge in [0.05, 0.1) is 13.2 Å². The van der Waals surface area contributed by atoms with Gasteiger partial charge in [0.2, 0.25) is 5.91 Å². The molecule has 0 fully saturated rings. The quantitative estimate of drug-likeness (QED) is 0.744. The van der Waals surface area contributed by atoms with Crippen LogP contribution in [0.5, 0.6) is 5.75 Å². The number of amides is 1. The Hall–Kier alpha value is -2.37. The molecule has 0 bridgehead atoms. The molecule has 2 aromatic carbocycles. The number of benzene rings is 2. The molecule has 2 rings (SSSR count). The first-order valence-electron chi connectivity index (χ1n) is 8.26. The Bertz CT molecular complexity index is 807. The van der Waals surface area contributed by atoms with Gasteiger partial charge in [-0.05, 0) is 51.2 Å². The van der Waals surface area contributed by atoms with Crippen LogP contribution in [-0.4, -0.2) is 36.8 Å². The largest absolute Gasteiger partial charge is 0.496 e. The number of likely N-dealkylation sites (N-methyl/N-ethyl adjacent to an activating group) is 1. The van der Waals surface area contributed by atoms with Gasteiger partial charge in [0.15, 0.2) is 5.78 Å². The maximum absolute atomic E-state index is 12.6. The summed E-state index contributed by atoms with van der Waals surface area (Å²) in [6, 6.07) is 11.9. The minimum atomic E-state index is -0.389. The van der Waals surface area contributed by atoms with E-state index in [4.69, 9.17) is 16.3 Å². The number of hydrogen-bond donors (Lipinski definition) is 1. The van der Waals surface area contributed by atoms with Gasteiger partial charge in [-0.15, -0.1) is 0 Å². The number of ketones is 1. The van der Waals surface area contributed by atoms with Crippen molar-refractivity contribution in [3.05, 3.63) is 58.6 Å². The normalized spacial score (nSPS) is 11.9. The molecule has 6 heteroatoms. The zero-order valence-corrected chi connectivity index (χ0v) is 16.1. The van der Waals surface area contributed by atoms with Crippen LogP contribution < -0.4 is 10.1 Å². The lowest BCUT2D eigenvalue weighted by molar-refractivity contribution is -0.120. The van der Waals surface area contributed by atoms with Crippen LogP contribution in [0.15, 0.2) is 42.5 Å². The smallest absolute Gasteiger partial charge is 0.241 e. The molecule has 0 aromatic heterocycles. The van der Waals surface area contributed by atoms with Crippen LogP contribution in [0.1, 0.15) is 29.8 Å². The van der Waals surface area contributed by atoms with Crippen molar-refractivity contribution in [1.29, 1.82) is 0 Å². The number of rotatable bonds is 7. The van der Waals surface area contributed by atoms with Gasteiger partial charge in [-0.1, -0.05) is 23.7 Å². The highest BCUT2D eigenvalue weighted by Gasteiger charge is 2.20. The zero-order valence-electron chi connectivity index (χ0n) is 15.4. The Morgan fingerprint density at radius 1 is 1.23 bits per heavy atom. The molecule has 0 heterocycles. The van der Waals surface area contributed by atoms with E-state index in [0.29, 0.717) is 22.8 Å². The maximum Gasteiger partial charge on any atom is 0.241 e. The number of methoxy groups -OCH3 is 1. The molecule has 1 atom stereocenters. The van der Waals surface area contributed by atoms with E-state index in [-0.39, 0.29) is 17.7 Å². The first kappa shape index (κ1) is 19.9. The fourth-order valence-electron chi connectivity index (χ4n) is 2.54. The molecule has 0 spiro atoms. The summed E-state index contributed by atoms with van der Waals surface area (Å²) in [5.41, 5.74) is 2.07. The van der Waals surface area contributed by atoms with E-state index in [9.17, 15) is 9.59 Å². The highest BCUT2D eigenvalue weighted by molar-refractivity contribution is 6.30. The monoisotopic (exact) mass is 374 g/mol. The van der Waals surface area contributed by atoms with E-state index in [1.807, 2.05) is 31.0 Å². The first-order chi connectivity index (χ1) is 12.3. The molecule has 138 valence electrons. The van der Waals surface area contributed by atoms with Gasteiger partial charge in [0.1, 0.15) is 5.75 Å². The summed E-state index contributed by atoms with van der Waals surface area (Å²) in [6.45, 7) is 3.82. The molecular formula is C20H23ClN2O3. The summed E-state index contributed by atoms with van der Waals surface area (Å²) in [5.74, 6) is 0.525. The van der Waals surface area contributed by atoms with Crippen molar-refractivity contribution in [3.8, 4) is 5.75 Å². The van der Waals surface area contributed by atoms with Crippen molar-refractivity contribution in [2.24, 2.45) is 0 Å². The molecule has 0 saturated carbocycles. The lowest BCUT2D eigenvalue weighted by Gasteiger charge is -2.25. The maximum atomic E-state index is 12.6. The lowest BCUT2D eigenvalue weighted by Crippen LogP contribution is -2.39. The van der Waals surface area contributed by atoms with Gasteiger partial charge < -0.3 is 10.1 Å². The highest BCUT2D eigenvalue weighted by Crippen LogP contribution is 2.24. The van der Waals surface area contributed by atoms with Crippen LogP contribution in [-0.2, 0) is 11.3 Å². The topological polar surface area (TPSA) is 58.6 Å². The Kier molecular flexibility index (Phi) is 6.77. The summed E-state index contributed by atoms with van der Waals surface area (Å²) in [4.78, 5) is 25.9. The molecular weight excluding hydrogens is 352 g/mol. The second-order valence-electron chi connectivity index (χ2n) is 6.17.